The van der Waals surface area contributed by atoms with Crippen molar-refractivity contribution in [2.45, 2.75) is 0 Å². The Morgan fingerprint density at radius 1 is 1.05 bits per heavy atom. The van der Waals surface area contributed by atoms with Crippen molar-refractivity contribution in [2.75, 3.05) is 7.11 Å². The first-order valence-corrected chi connectivity index (χ1v) is 5.85. The number of rotatable bonds is 3. The molecule has 0 saturated carbocycles. The van der Waals surface area contributed by atoms with Crippen LogP contribution in [0.5, 0.6) is 0 Å². The summed E-state index contributed by atoms with van der Waals surface area (Å²) in [7, 11) is 1.11. The lowest BCUT2D eigenvalue weighted by Gasteiger charge is -2.07. The van der Waals surface area contributed by atoms with Gasteiger partial charge in [0.15, 0.2) is 0 Å². The number of carboxylic acids is 1. The summed E-state index contributed by atoms with van der Waals surface area (Å²) in [6.07, 6.45) is 0. The highest BCUT2D eigenvalue weighted by molar-refractivity contribution is 5.92. The van der Waals surface area contributed by atoms with Crippen LogP contribution in [0.1, 0.15) is 20.7 Å². The average Bonchev–Trinajstić information content (AvgIpc) is 2.47. The van der Waals surface area contributed by atoms with E-state index in [0.29, 0.717) is 0 Å². The summed E-state index contributed by atoms with van der Waals surface area (Å²) in [6, 6.07) is 6.81. The molecular formula is C15H10F2O4. The number of hydrogen-bond acceptors (Lipinski definition) is 3. The first kappa shape index (κ1) is 14.6. The number of carboxylic acid groups (broad SMARTS) is 1. The molecule has 0 aliphatic heterocycles. The van der Waals surface area contributed by atoms with Crippen molar-refractivity contribution in [3.8, 4) is 11.1 Å². The summed E-state index contributed by atoms with van der Waals surface area (Å²) in [6.45, 7) is 0. The van der Waals surface area contributed by atoms with Gasteiger partial charge in [0.05, 0.1) is 18.2 Å². The van der Waals surface area contributed by atoms with Crippen LogP contribution in [0.3, 0.4) is 0 Å². The molecule has 0 fully saturated rings. The lowest BCUT2D eigenvalue weighted by Crippen LogP contribution is -2.05. The number of carbonyl (C=O) groups excluding carboxylic acids is 1. The van der Waals surface area contributed by atoms with E-state index >= 15 is 0 Å². The van der Waals surface area contributed by atoms with Crippen LogP contribution in [-0.2, 0) is 4.74 Å². The van der Waals surface area contributed by atoms with Crippen molar-refractivity contribution in [1.82, 2.24) is 0 Å². The minimum Gasteiger partial charge on any atom is -0.478 e. The lowest BCUT2D eigenvalue weighted by atomic mass is 10.0. The van der Waals surface area contributed by atoms with Crippen molar-refractivity contribution in [2.24, 2.45) is 0 Å². The molecule has 0 unspecified atom stereocenters. The maximum Gasteiger partial charge on any atom is 0.340 e. The van der Waals surface area contributed by atoms with E-state index in [4.69, 9.17) is 5.11 Å². The third-order valence-electron chi connectivity index (χ3n) is 2.90. The summed E-state index contributed by atoms with van der Waals surface area (Å²) in [5.41, 5.74) is -0.223. The van der Waals surface area contributed by atoms with Crippen LogP contribution in [0.4, 0.5) is 8.78 Å². The highest BCUT2D eigenvalue weighted by Crippen LogP contribution is 2.26. The molecule has 0 spiro atoms. The van der Waals surface area contributed by atoms with Gasteiger partial charge in [-0.2, -0.15) is 0 Å². The molecule has 6 heteroatoms. The van der Waals surface area contributed by atoms with E-state index in [1.54, 1.807) is 0 Å². The third-order valence-corrected chi connectivity index (χ3v) is 2.90. The smallest absolute Gasteiger partial charge is 0.340 e. The molecule has 1 N–H and O–H groups in total. The quantitative estimate of drug-likeness (QED) is 0.883. The van der Waals surface area contributed by atoms with Crippen LogP contribution in [0.15, 0.2) is 36.4 Å². The molecule has 0 aromatic heterocycles. The van der Waals surface area contributed by atoms with Crippen molar-refractivity contribution in [3.63, 3.8) is 0 Å². The van der Waals surface area contributed by atoms with E-state index in [1.165, 1.54) is 18.2 Å². The molecule has 0 radical (unpaired) electrons. The number of halogens is 2. The van der Waals surface area contributed by atoms with Gasteiger partial charge in [0.2, 0.25) is 0 Å². The monoisotopic (exact) mass is 292 g/mol. The van der Waals surface area contributed by atoms with E-state index in [0.717, 1.165) is 25.3 Å². The maximum absolute atomic E-state index is 13.9. The Bertz CT molecular complexity index is 726. The Morgan fingerprint density at radius 3 is 2.33 bits per heavy atom. The number of esters is 1. The lowest BCUT2D eigenvalue weighted by molar-refractivity contribution is 0.0594. The molecule has 2 rings (SSSR count). The fourth-order valence-corrected chi connectivity index (χ4v) is 1.84. The largest absolute Gasteiger partial charge is 0.478 e. The van der Waals surface area contributed by atoms with Crippen LogP contribution in [0.2, 0.25) is 0 Å². The van der Waals surface area contributed by atoms with Crippen LogP contribution in [-0.4, -0.2) is 24.2 Å². The number of methoxy groups -OCH3 is 1. The zero-order chi connectivity index (χ0) is 15.6. The molecule has 21 heavy (non-hydrogen) atoms. The van der Waals surface area contributed by atoms with E-state index in [-0.39, 0.29) is 22.3 Å². The van der Waals surface area contributed by atoms with Crippen LogP contribution in [0, 0.1) is 11.6 Å². The molecule has 0 bridgehead atoms. The molecule has 0 amide bonds. The minimum absolute atomic E-state index is 0.0603. The van der Waals surface area contributed by atoms with Gasteiger partial charge in [-0.3, -0.25) is 0 Å². The second-order valence-corrected chi connectivity index (χ2v) is 4.19. The van der Waals surface area contributed by atoms with Crippen molar-refractivity contribution in [1.29, 1.82) is 0 Å². The summed E-state index contributed by atoms with van der Waals surface area (Å²) in [4.78, 5) is 22.2. The maximum atomic E-state index is 13.9. The zero-order valence-corrected chi connectivity index (χ0v) is 10.9. The predicted octanol–water partition coefficient (Wildman–Crippen LogP) is 3.12. The van der Waals surface area contributed by atoms with E-state index in [9.17, 15) is 18.4 Å². The van der Waals surface area contributed by atoms with Gasteiger partial charge >= 0.3 is 11.9 Å². The minimum atomic E-state index is -1.25. The fourth-order valence-electron chi connectivity index (χ4n) is 1.84. The Hall–Kier alpha value is -2.76. The molecular weight excluding hydrogens is 282 g/mol. The summed E-state index contributed by atoms with van der Waals surface area (Å²) < 4.78 is 31.9. The normalized spacial score (nSPS) is 10.2. The van der Waals surface area contributed by atoms with Gasteiger partial charge in [0.25, 0.3) is 0 Å². The van der Waals surface area contributed by atoms with Gasteiger partial charge in [0, 0.05) is 5.56 Å². The molecule has 0 aliphatic carbocycles. The predicted molar refractivity (Wildman–Crippen MR) is 70.1 cm³/mol. The van der Waals surface area contributed by atoms with Crippen molar-refractivity contribution >= 4 is 11.9 Å². The first-order chi connectivity index (χ1) is 9.93. The molecule has 0 aliphatic rings. The van der Waals surface area contributed by atoms with E-state index in [2.05, 4.69) is 4.74 Å². The van der Waals surface area contributed by atoms with Crippen LogP contribution >= 0.6 is 0 Å². The molecule has 0 atom stereocenters. The van der Waals surface area contributed by atoms with E-state index in [1.807, 2.05) is 0 Å². The Labute approximate surface area is 118 Å². The molecule has 2 aromatic rings. The highest BCUT2D eigenvalue weighted by atomic mass is 19.1. The van der Waals surface area contributed by atoms with Gasteiger partial charge in [-0.25, -0.2) is 18.4 Å². The van der Waals surface area contributed by atoms with Gasteiger partial charge < -0.3 is 9.84 Å². The molecule has 0 heterocycles. The van der Waals surface area contributed by atoms with Crippen LogP contribution < -0.4 is 0 Å². The number of hydrogen-bond donors (Lipinski definition) is 1. The summed E-state index contributed by atoms with van der Waals surface area (Å²) in [5.74, 6) is -3.70. The SMILES string of the molecule is COC(=O)c1cc(-c2ccc(C(=O)O)cc2F)ccc1F. The molecule has 2 aromatic carbocycles. The second kappa shape index (κ2) is 5.70. The van der Waals surface area contributed by atoms with Crippen molar-refractivity contribution in [3.05, 3.63) is 59.2 Å². The van der Waals surface area contributed by atoms with Gasteiger partial charge in [-0.15, -0.1) is 0 Å². The Morgan fingerprint density at radius 2 is 1.76 bits per heavy atom. The number of ether oxygens (including phenoxy) is 1. The number of carbonyl (C=O) groups is 2. The molecule has 4 nitrogen and oxygen atoms in total. The van der Waals surface area contributed by atoms with Gasteiger partial charge in [-0.1, -0.05) is 12.1 Å². The average molecular weight is 292 g/mol. The third kappa shape index (κ3) is 2.89. The fraction of sp³-hybridized carbons (Fsp3) is 0.0667. The summed E-state index contributed by atoms with van der Waals surface area (Å²) >= 11 is 0. The first-order valence-electron chi connectivity index (χ1n) is 5.85. The second-order valence-electron chi connectivity index (χ2n) is 4.19. The number of aromatic carboxylic acids is 1. The van der Waals surface area contributed by atoms with Gasteiger partial charge in [-0.05, 0) is 29.8 Å². The Kier molecular flexibility index (Phi) is 3.98. The van der Waals surface area contributed by atoms with E-state index < -0.39 is 23.6 Å². The highest BCUT2D eigenvalue weighted by Gasteiger charge is 2.16. The standard InChI is InChI=1S/C15H10F2O4/c1-21-15(20)11-6-8(3-5-12(11)16)10-4-2-9(14(18)19)7-13(10)17/h2-7H,1H3,(H,18,19). The van der Waals surface area contributed by atoms with Crippen molar-refractivity contribution < 1.29 is 28.2 Å². The topological polar surface area (TPSA) is 63.6 Å². The number of benzene rings is 2. The molecule has 108 valence electrons. The summed E-state index contributed by atoms with van der Waals surface area (Å²) in [5, 5.41) is 8.78. The van der Waals surface area contributed by atoms with Crippen LogP contribution in [0.25, 0.3) is 11.1 Å². The van der Waals surface area contributed by atoms with Gasteiger partial charge in [0.1, 0.15) is 11.6 Å². The zero-order valence-electron chi connectivity index (χ0n) is 10.9. The Balaban J connectivity index is 2.52. The molecule has 0 saturated heterocycles.